The smallest absolute Gasteiger partial charge is 0.208 e. The molecular weight excluding hydrogens is 262 g/mol. The Kier molecular flexibility index (Phi) is 3.28. The van der Waals surface area contributed by atoms with E-state index in [1.807, 2.05) is 32.2 Å². The van der Waals surface area contributed by atoms with Crippen molar-refractivity contribution in [3.05, 3.63) is 32.7 Å². The molecule has 16 heavy (non-hydrogen) atoms. The van der Waals surface area contributed by atoms with Gasteiger partial charge in [-0.1, -0.05) is 29.0 Å². The van der Waals surface area contributed by atoms with Crippen LogP contribution in [0.25, 0.3) is 0 Å². The number of halogens is 1. The Morgan fingerprint density at radius 3 is 2.88 bits per heavy atom. The number of nitrogens with one attached hydrogen (secondary N) is 1. The van der Waals surface area contributed by atoms with E-state index in [2.05, 4.69) is 10.4 Å². The van der Waals surface area contributed by atoms with Crippen LogP contribution in [0.4, 0.5) is 10.8 Å². The summed E-state index contributed by atoms with van der Waals surface area (Å²) in [4.78, 5) is 0. The van der Waals surface area contributed by atoms with E-state index in [4.69, 9.17) is 23.8 Å². The first kappa shape index (κ1) is 11.6. The fourth-order valence-electron chi connectivity index (χ4n) is 1.25. The lowest BCUT2D eigenvalue weighted by Crippen LogP contribution is -1.95. The largest absolute Gasteiger partial charge is 0.330 e. The number of nitrogens with zero attached hydrogens (tertiary/aromatic N) is 2. The summed E-state index contributed by atoms with van der Waals surface area (Å²) in [6.07, 6.45) is 0. The highest BCUT2D eigenvalue weighted by Gasteiger charge is 2.05. The molecule has 84 valence electrons. The molecule has 0 saturated heterocycles. The molecule has 0 aliphatic carbocycles. The van der Waals surface area contributed by atoms with E-state index < -0.39 is 0 Å². The van der Waals surface area contributed by atoms with Gasteiger partial charge in [0.1, 0.15) is 0 Å². The minimum atomic E-state index is 0.738. The maximum atomic E-state index is 6.03. The fraction of sp³-hybridized carbons (Fsp3) is 0.200. The van der Waals surface area contributed by atoms with Crippen LogP contribution in [-0.2, 0) is 7.05 Å². The van der Waals surface area contributed by atoms with E-state index >= 15 is 0 Å². The number of hydrogen-bond donors (Lipinski definition) is 1. The molecule has 0 fully saturated rings. The molecule has 1 aromatic heterocycles. The number of hydrogen-bond acceptors (Lipinski definition) is 4. The Morgan fingerprint density at radius 1 is 1.50 bits per heavy atom. The second-order valence-electron chi connectivity index (χ2n) is 3.33. The van der Waals surface area contributed by atoms with Crippen molar-refractivity contribution in [2.45, 2.75) is 6.92 Å². The molecule has 2 aromatic rings. The zero-order chi connectivity index (χ0) is 11.7. The van der Waals surface area contributed by atoms with Crippen molar-refractivity contribution in [1.29, 1.82) is 0 Å². The van der Waals surface area contributed by atoms with Gasteiger partial charge in [-0.2, -0.15) is 0 Å². The maximum Gasteiger partial charge on any atom is 0.208 e. The Balaban J connectivity index is 2.34. The molecule has 0 saturated carbocycles. The molecule has 0 aliphatic rings. The maximum absolute atomic E-state index is 6.03. The monoisotopic (exact) mass is 271 g/mol. The van der Waals surface area contributed by atoms with Crippen molar-refractivity contribution in [3.63, 3.8) is 0 Å². The topological polar surface area (TPSA) is 29.9 Å². The average molecular weight is 272 g/mol. The first-order valence-electron chi connectivity index (χ1n) is 4.64. The molecule has 1 N–H and O–H groups in total. The second-order valence-corrected chi connectivity index (χ2v) is 5.36. The Morgan fingerprint density at radius 2 is 2.25 bits per heavy atom. The minimum absolute atomic E-state index is 0.738. The van der Waals surface area contributed by atoms with E-state index in [-0.39, 0.29) is 0 Å². The van der Waals surface area contributed by atoms with Gasteiger partial charge in [-0.05, 0) is 36.8 Å². The number of aromatic nitrogens is 2. The third kappa shape index (κ3) is 2.26. The van der Waals surface area contributed by atoms with Gasteiger partial charge in [-0.15, -0.1) is 5.10 Å². The third-order valence-electron chi connectivity index (χ3n) is 2.20. The van der Waals surface area contributed by atoms with Crippen molar-refractivity contribution in [2.75, 3.05) is 5.32 Å². The molecule has 0 bridgehead atoms. The molecule has 6 heteroatoms. The van der Waals surface area contributed by atoms with Gasteiger partial charge in [-0.25, -0.2) is 4.68 Å². The molecule has 3 nitrogen and oxygen atoms in total. The van der Waals surface area contributed by atoms with Crippen molar-refractivity contribution < 1.29 is 0 Å². The van der Waals surface area contributed by atoms with Gasteiger partial charge in [0, 0.05) is 17.8 Å². The summed E-state index contributed by atoms with van der Waals surface area (Å²) in [5.41, 5.74) is 1.96. The number of benzene rings is 1. The van der Waals surface area contributed by atoms with Crippen LogP contribution in [0, 0.1) is 10.9 Å². The van der Waals surface area contributed by atoms with E-state index in [1.165, 1.54) is 11.3 Å². The van der Waals surface area contributed by atoms with Gasteiger partial charge in [0.05, 0.1) is 0 Å². The zero-order valence-corrected chi connectivity index (χ0v) is 11.2. The predicted octanol–water partition coefficient (Wildman–Crippen LogP) is 3.92. The molecule has 0 unspecified atom stereocenters. The van der Waals surface area contributed by atoms with E-state index in [1.54, 1.807) is 4.68 Å². The number of rotatable bonds is 2. The summed E-state index contributed by atoms with van der Waals surface area (Å²) in [6, 6.07) is 5.73. The Bertz CT molecular complexity index is 574. The quantitative estimate of drug-likeness (QED) is 0.840. The summed E-state index contributed by atoms with van der Waals surface area (Å²) in [6.45, 7) is 1.97. The first-order valence-corrected chi connectivity index (χ1v) is 6.24. The lowest BCUT2D eigenvalue weighted by Gasteiger charge is -2.07. The number of anilines is 2. The molecule has 0 radical (unpaired) electrons. The van der Waals surface area contributed by atoms with Crippen LogP contribution in [0.1, 0.15) is 5.56 Å². The summed E-state index contributed by atoms with van der Waals surface area (Å²) >= 11 is 12.6. The van der Waals surface area contributed by atoms with E-state index in [0.717, 1.165) is 25.4 Å². The average Bonchev–Trinajstić information content (AvgIpc) is 2.54. The Labute approximate surface area is 108 Å². The Hall–Kier alpha value is -0.910. The highest BCUT2D eigenvalue weighted by molar-refractivity contribution is 7.73. The lowest BCUT2D eigenvalue weighted by atomic mass is 10.2. The van der Waals surface area contributed by atoms with Gasteiger partial charge in [-0.3, -0.25) is 0 Å². The minimum Gasteiger partial charge on any atom is -0.330 e. The molecule has 0 spiro atoms. The van der Waals surface area contributed by atoms with Gasteiger partial charge in [0.2, 0.25) is 5.13 Å². The molecular formula is C10H10ClN3S2. The first-order chi connectivity index (χ1) is 7.58. The summed E-state index contributed by atoms with van der Waals surface area (Å²) < 4.78 is 2.41. The zero-order valence-electron chi connectivity index (χ0n) is 8.82. The van der Waals surface area contributed by atoms with Crippen LogP contribution in [0.3, 0.4) is 0 Å². The van der Waals surface area contributed by atoms with Crippen molar-refractivity contribution in [3.8, 4) is 0 Å². The van der Waals surface area contributed by atoms with Crippen molar-refractivity contribution >= 4 is 46.0 Å². The van der Waals surface area contributed by atoms with Gasteiger partial charge in [0.15, 0.2) is 3.95 Å². The van der Waals surface area contributed by atoms with E-state index in [9.17, 15) is 0 Å². The molecule has 1 aromatic carbocycles. The van der Waals surface area contributed by atoms with Gasteiger partial charge < -0.3 is 5.32 Å². The van der Waals surface area contributed by atoms with Crippen LogP contribution in [0.5, 0.6) is 0 Å². The molecule has 0 amide bonds. The SMILES string of the molecule is Cc1c(Cl)cccc1Nc1nn(C)c(=S)s1. The van der Waals surface area contributed by atoms with Crippen LogP contribution >= 0.6 is 35.2 Å². The molecule has 2 rings (SSSR count). The third-order valence-corrected chi connectivity index (χ3v) is 3.94. The second kappa shape index (κ2) is 4.53. The highest BCUT2D eigenvalue weighted by Crippen LogP contribution is 2.27. The normalized spacial score (nSPS) is 10.4. The fourth-order valence-corrected chi connectivity index (χ4v) is 2.37. The van der Waals surface area contributed by atoms with Crippen molar-refractivity contribution in [1.82, 2.24) is 9.78 Å². The van der Waals surface area contributed by atoms with Gasteiger partial charge in [0.25, 0.3) is 0 Å². The standard InChI is InChI=1S/C10H10ClN3S2/c1-6-7(11)4-3-5-8(6)12-9-13-14(2)10(15)16-9/h3-5H,1-2H3,(H,12,13). The summed E-state index contributed by atoms with van der Waals surface area (Å²) in [5.74, 6) is 0. The molecule has 0 aliphatic heterocycles. The van der Waals surface area contributed by atoms with Crippen LogP contribution in [0.2, 0.25) is 5.02 Å². The van der Waals surface area contributed by atoms with Crippen molar-refractivity contribution in [2.24, 2.45) is 7.05 Å². The summed E-state index contributed by atoms with van der Waals surface area (Å²) in [7, 11) is 1.83. The van der Waals surface area contributed by atoms with Crippen LogP contribution in [0.15, 0.2) is 18.2 Å². The molecule has 1 heterocycles. The lowest BCUT2D eigenvalue weighted by molar-refractivity contribution is 0.762. The van der Waals surface area contributed by atoms with Gasteiger partial charge >= 0.3 is 0 Å². The van der Waals surface area contributed by atoms with E-state index in [0.29, 0.717) is 0 Å². The summed E-state index contributed by atoms with van der Waals surface area (Å²) in [5, 5.41) is 8.98. The van der Waals surface area contributed by atoms with Crippen LogP contribution < -0.4 is 5.32 Å². The number of aryl methyl sites for hydroxylation is 1. The predicted molar refractivity (Wildman–Crippen MR) is 71.4 cm³/mol. The highest BCUT2D eigenvalue weighted by atomic mass is 35.5. The molecule has 0 atom stereocenters. The van der Waals surface area contributed by atoms with Crippen LogP contribution in [-0.4, -0.2) is 9.78 Å².